The van der Waals surface area contributed by atoms with Crippen molar-refractivity contribution < 1.29 is 4.74 Å². The van der Waals surface area contributed by atoms with Crippen molar-refractivity contribution in [1.29, 1.82) is 5.26 Å². The summed E-state index contributed by atoms with van der Waals surface area (Å²) in [4.78, 5) is 0. The van der Waals surface area contributed by atoms with Gasteiger partial charge in [0.15, 0.2) is 0 Å². The van der Waals surface area contributed by atoms with Gasteiger partial charge in [0.05, 0.1) is 10.6 Å². The van der Waals surface area contributed by atoms with Gasteiger partial charge in [0.25, 0.3) is 0 Å². The zero-order valence-electron chi connectivity index (χ0n) is 8.95. The van der Waals surface area contributed by atoms with Gasteiger partial charge >= 0.3 is 0 Å². The van der Waals surface area contributed by atoms with Gasteiger partial charge in [0, 0.05) is 15.6 Å². The second-order valence-corrected chi connectivity index (χ2v) is 5.19. The maximum absolute atomic E-state index is 9.00. The molecule has 2 nitrogen and oxygen atoms in total. The summed E-state index contributed by atoms with van der Waals surface area (Å²) >= 11 is 15.2. The lowest BCUT2D eigenvalue weighted by molar-refractivity contribution is 0.481. The molecule has 0 aliphatic heterocycles. The highest BCUT2D eigenvalue weighted by molar-refractivity contribution is 9.10. The first-order valence-corrected chi connectivity index (χ1v) is 6.47. The van der Waals surface area contributed by atoms with E-state index >= 15 is 0 Å². The molecule has 0 aliphatic carbocycles. The van der Waals surface area contributed by atoms with E-state index in [1.165, 1.54) is 0 Å². The second-order valence-electron chi connectivity index (χ2n) is 3.43. The summed E-state index contributed by atoms with van der Waals surface area (Å²) in [6.45, 7) is 0. The van der Waals surface area contributed by atoms with Crippen LogP contribution in [0.1, 0.15) is 5.56 Å². The van der Waals surface area contributed by atoms with E-state index in [9.17, 15) is 0 Å². The van der Waals surface area contributed by atoms with Gasteiger partial charge in [-0.05, 0) is 30.3 Å². The molecular weight excluding hydrogens is 337 g/mol. The van der Waals surface area contributed by atoms with Crippen LogP contribution in [0.25, 0.3) is 0 Å². The summed E-state index contributed by atoms with van der Waals surface area (Å²) in [6, 6.07) is 12.1. The van der Waals surface area contributed by atoms with Crippen LogP contribution in [0.5, 0.6) is 11.5 Å². The Labute approximate surface area is 123 Å². The van der Waals surface area contributed by atoms with Crippen LogP contribution < -0.4 is 4.74 Å². The molecule has 0 unspecified atom stereocenters. The van der Waals surface area contributed by atoms with Gasteiger partial charge in [-0.2, -0.15) is 5.26 Å². The maximum atomic E-state index is 9.00. The Hall–Kier alpha value is -1.21. The number of halogens is 3. The summed E-state index contributed by atoms with van der Waals surface area (Å²) in [5.41, 5.74) is 0.399. The molecule has 0 radical (unpaired) electrons. The largest absolute Gasteiger partial charge is 0.454 e. The number of nitriles is 1. The van der Waals surface area contributed by atoms with Crippen LogP contribution in [0.15, 0.2) is 40.9 Å². The molecule has 2 rings (SSSR count). The van der Waals surface area contributed by atoms with Crippen LogP contribution in [0.4, 0.5) is 0 Å². The molecule has 0 atom stereocenters. The summed E-state index contributed by atoms with van der Waals surface area (Å²) in [6.07, 6.45) is 0. The Morgan fingerprint density at radius 2 is 1.83 bits per heavy atom. The SMILES string of the molecule is N#Cc1ccc(Cl)cc1Oc1cc(Br)ccc1Cl. The zero-order chi connectivity index (χ0) is 13.1. The highest BCUT2D eigenvalue weighted by Crippen LogP contribution is 2.34. The lowest BCUT2D eigenvalue weighted by Crippen LogP contribution is -1.89. The number of hydrogen-bond donors (Lipinski definition) is 0. The number of rotatable bonds is 2. The topological polar surface area (TPSA) is 33.0 Å². The Morgan fingerprint density at radius 3 is 2.56 bits per heavy atom. The Bertz CT molecular complexity index is 637. The Morgan fingerprint density at radius 1 is 1.06 bits per heavy atom. The highest BCUT2D eigenvalue weighted by atomic mass is 79.9. The van der Waals surface area contributed by atoms with Crippen molar-refractivity contribution in [3.63, 3.8) is 0 Å². The summed E-state index contributed by atoms with van der Waals surface area (Å²) < 4.78 is 6.46. The average molecular weight is 343 g/mol. The average Bonchev–Trinajstić information content (AvgIpc) is 2.34. The van der Waals surface area contributed by atoms with Crippen LogP contribution >= 0.6 is 39.1 Å². The minimum Gasteiger partial charge on any atom is -0.454 e. The fourth-order valence-electron chi connectivity index (χ4n) is 1.35. The van der Waals surface area contributed by atoms with Gasteiger partial charge in [-0.15, -0.1) is 0 Å². The predicted molar refractivity (Wildman–Crippen MR) is 75.4 cm³/mol. The first kappa shape index (κ1) is 13.2. The molecule has 0 fully saturated rings. The van der Waals surface area contributed by atoms with Crippen molar-refractivity contribution >= 4 is 39.1 Å². The molecule has 2 aromatic rings. The van der Waals surface area contributed by atoms with E-state index in [4.69, 9.17) is 33.2 Å². The van der Waals surface area contributed by atoms with Crippen molar-refractivity contribution in [3.05, 3.63) is 56.5 Å². The molecule has 0 bridgehead atoms. The normalized spacial score (nSPS) is 9.89. The van der Waals surface area contributed by atoms with E-state index in [1.54, 1.807) is 36.4 Å². The molecule has 0 heterocycles. The number of nitrogens with zero attached hydrogens (tertiary/aromatic N) is 1. The summed E-state index contributed by atoms with van der Waals surface area (Å²) in [5, 5.41) is 9.95. The molecular formula is C13H6BrCl2NO. The van der Waals surface area contributed by atoms with Crippen LogP contribution in [0.2, 0.25) is 10.0 Å². The van der Waals surface area contributed by atoms with Gasteiger partial charge in [-0.25, -0.2) is 0 Å². The molecule has 0 N–H and O–H groups in total. The zero-order valence-corrected chi connectivity index (χ0v) is 12.1. The van der Waals surface area contributed by atoms with Crippen LogP contribution in [-0.4, -0.2) is 0 Å². The van der Waals surface area contributed by atoms with E-state index in [-0.39, 0.29) is 0 Å². The van der Waals surface area contributed by atoms with E-state index < -0.39 is 0 Å². The van der Waals surface area contributed by atoms with E-state index in [0.717, 1.165) is 4.47 Å². The first-order valence-electron chi connectivity index (χ1n) is 4.92. The van der Waals surface area contributed by atoms with Gasteiger partial charge < -0.3 is 4.74 Å². The number of ether oxygens (including phenoxy) is 1. The maximum Gasteiger partial charge on any atom is 0.147 e. The summed E-state index contributed by atoms with van der Waals surface area (Å²) in [5.74, 6) is 0.842. The van der Waals surface area contributed by atoms with E-state index in [2.05, 4.69) is 15.9 Å². The van der Waals surface area contributed by atoms with Gasteiger partial charge in [0.1, 0.15) is 17.6 Å². The molecule has 5 heteroatoms. The third kappa shape index (κ3) is 2.97. The molecule has 0 aliphatic rings. The van der Waals surface area contributed by atoms with Gasteiger partial charge in [0.2, 0.25) is 0 Å². The van der Waals surface area contributed by atoms with Crippen molar-refractivity contribution in [1.82, 2.24) is 0 Å². The van der Waals surface area contributed by atoms with Crippen molar-refractivity contribution in [2.24, 2.45) is 0 Å². The fraction of sp³-hybridized carbons (Fsp3) is 0. The van der Waals surface area contributed by atoms with Crippen molar-refractivity contribution in [2.45, 2.75) is 0 Å². The van der Waals surface area contributed by atoms with Crippen LogP contribution in [0.3, 0.4) is 0 Å². The lowest BCUT2D eigenvalue weighted by Gasteiger charge is -2.09. The summed E-state index contributed by atoms with van der Waals surface area (Å²) in [7, 11) is 0. The molecule has 0 saturated heterocycles. The molecule has 0 aromatic heterocycles. The quantitative estimate of drug-likeness (QED) is 0.730. The van der Waals surface area contributed by atoms with Gasteiger partial charge in [-0.3, -0.25) is 0 Å². The third-order valence-electron chi connectivity index (χ3n) is 2.18. The predicted octanol–water partition coefficient (Wildman–Crippen LogP) is 5.42. The molecule has 90 valence electrons. The minimum atomic E-state index is 0.380. The first-order chi connectivity index (χ1) is 8.60. The molecule has 2 aromatic carbocycles. The fourth-order valence-corrected chi connectivity index (χ4v) is 2.01. The molecule has 0 amide bonds. The van der Waals surface area contributed by atoms with E-state index in [0.29, 0.717) is 27.1 Å². The number of benzene rings is 2. The van der Waals surface area contributed by atoms with Crippen LogP contribution in [0, 0.1) is 11.3 Å². The van der Waals surface area contributed by atoms with Crippen molar-refractivity contribution in [2.75, 3.05) is 0 Å². The van der Waals surface area contributed by atoms with E-state index in [1.807, 2.05) is 6.07 Å². The monoisotopic (exact) mass is 341 g/mol. The molecule has 0 saturated carbocycles. The van der Waals surface area contributed by atoms with Crippen molar-refractivity contribution in [3.8, 4) is 17.6 Å². The van der Waals surface area contributed by atoms with Gasteiger partial charge in [-0.1, -0.05) is 39.1 Å². The lowest BCUT2D eigenvalue weighted by atomic mass is 10.2. The van der Waals surface area contributed by atoms with Crippen LogP contribution in [-0.2, 0) is 0 Å². The Kier molecular flexibility index (Phi) is 4.13. The third-order valence-corrected chi connectivity index (χ3v) is 3.22. The smallest absolute Gasteiger partial charge is 0.147 e. The molecule has 18 heavy (non-hydrogen) atoms. The Balaban J connectivity index is 2.43. The standard InChI is InChI=1S/C13H6BrCl2NO/c14-9-2-4-11(16)13(5-9)18-12-6-10(15)3-1-8(12)7-17/h1-6H. The highest BCUT2D eigenvalue weighted by Gasteiger charge is 2.09. The molecule has 0 spiro atoms. The minimum absolute atomic E-state index is 0.380. The second kappa shape index (κ2) is 5.62. The number of hydrogen-bond acceptors (Lipinski definition) is 2.